The molecular weight excluding hydrogens is 538 g/mol. The van der Waals surface area contributed by atoms with Crippen LogP contribution >= 0.6 is 0 Å². The second-order valence-corrected chi connectivity index (χ2v) is 7.30. The fraction of sp³-hybridized carbons (Fsp3) is 0.280. The quantitative estimate of drug-likeness (QED) is 0.239. The predicted octanol–water partition coefficient (Wildman–Crippen LogP) is 5.92. The number of hydrogen-bond acceptors (Lipinski definition) is 3. The summed E-state index contributed by atoms with van der Waals surface area (Å²) in [4.78, 5) is 14.9. The summed E-state index contributed by atoms with van der Waals surface area (Å²) in [6.07, 6.45) is 6.13. The number of carbonyl (C=O) groups excluding carboxylic acids is 1. The summed E-state index contributed by atoms with van der Waals surface area (Å²) >= 11 is 0. The van der Waals surface area contributed by atoms with Gasteiger partial charge in [0.2, 0.25) is 0 Å². The first-order valence-electron chi connectivity index (χ1n) is 9.72. The molecule has 153 valence electrons. The minimum Gasteiger partial charge on any atom is -0.512 e. The van der Waals surface area contributed by atoms with Crippen LogP contribution in [0.25, 0.3) is 22.2 Å². The first kappa shape index (κ1) is 23.0. The fourth-order valence-electron chi connectivity index (χ4n) is 3.70. The van der Waals surface area contributed by atoms with Crippen LogP contribution in [0.15, 0.2) is 54.3 Å². The minimum absolute atomic E-state index is 0. The summed E-state index contributed by atoms with van der Waals surface area (Å²) in [6.45, 7) is 5.05. The monoisotopic (exact) mass is 565 g/mol. The number of aliphatic hydroxyl groups excluding tert-OH is 1. The Morgan fingerprint density at radius 1 is 1.07 bits per heavy atom. The Balaban J connectivity index is 0.000000327. The van der Waals surface area contributed by atoms with Gasteiger partial charge >= 0.3 is 0 Å². The number of allylic oxidation sites excluding steroid dienone is 2. The molecule has 3 aromatic rings. The number of hydrogen-bond donors (Lipinski definition) is 1. The zero-order valence-electron chi connectivity index (χ0n) is 17.1. The van der Waals surface area contributed by atoms with E-state index < -0.39 is 0 Å². The van der Waals surface area contributed by atoms with E-state index in [4.69, 9.17) is 10.1 Å². The van der Waals surface area contributed by atoms with Crippen LogP contribution in [0.2, 0.25) is 0 Å². The van der Waals surface area contributed by atoms with Crippen LogP contribution < -0.4 is 0 Å². The van der Waals surface area contributed by atoms with Gasteiger partial charge in [0.05, 0.1) is 11.3 Å². The average molecular weight is 565 g/mol. The number of benzene rings is 2. The van der Waals surface area contributed by atoms with Crippen LogP contribution in [-0.4, -0.2) is 15.9 Å². The first-order valence-corrected chi connectivity index (χ1v) is 9.72. The molecule has 0 atom stereocenters. The van der Waals surface area contributed by atoms with Gasteiger partial charge in [0.1, 0.15) is 0 Å². The van der Waals surface area contributed by atoms with Crippen molar-refractivity contribution in [3.8, 4) is 11.3 Å². The molecule has 0 unspecified atom stereocenters. The normalized spacial score (nSPS) is 13.0. The molecule has 2 aromatic carbocycles. The van der Waals surface area contributed by atoms with E-state index in [1.807, 2.05) is 6.07 Å². The van der Waals surface area contributed by atoms with Crippen LogP contribution in [-0.2, 0) is 37.7 Å². The Hall–Kier alpha value is -2.29. The van der Waals surface area contributed by atoms with Gasteiger partial charge in [-0.1, -0.05) is 56.5 Å². The van der Waals surface area contributed by atoms with Crippen LogP contribution in [0, 0.1) is 13.0 Å². The van der Waals surface area contributed by atoms with Crippen molar-refractivity contribution >= 4 is 16.7 Å². The zero-order valence-corrected chi connectivity index (χ0v) is 19.5. The van der Waals surface area contributed by atoms with Gasteiger partial charge in [0.15, 0.2) is 5.78 Å². The molecule has 4 rings (SSSR count). The van der Waals surface area contributed by atoms with Gasteiger partial charge in [0, 0.05) is 26.2 Å². The van der Waals surface area contributed by atoms with E-state index in [0.717, 1.165) is 17.6 Å². The van der Waals surface area contributed by atoms with Gasteiger partial charge in [0.25, 0.3) is 0 Å². The van der Waals surface area contributed by atoms with Gasteiger partial charge in [-0.15, -0.1) is 34.4 Å². The molecular formula is C25H26IrNO2-. The number of rotatable bonds is 2. The molecule has 0 spiro atoms. The van der Waals surface area contributed by atoms with E-state index >= 15 is 0 Å². The number of aryl methyl sites for hydroxylation is 1. The third kappa shape index (κ3) is 5.85. The minimum atomic E-state index is -0.125. The SMILES string of the molecule is CC(=O)C=C(C)O.Cc1c[c-]c(-c2ccc3ccccc3n2)c2c1CCCC2.[Ir]. The van der Waals surface area contributed by atoms with E-state index in [-0.39, 0.29) is 31.6 Å². The second-order valence-electron chi connectivity index (χ2n) is 7.30. The van der Waals surface area contributed by atoms with E-state index in [2.05, 4.69) is 49.4 Å². The molecule has 1 aromatic heterocycles. The number of ketones is 1. The maximum atomic E-state index is 10.0. The molecule has 29 heavy (non-hydrogen) atoms. The molecule has 3 nitrogen and oxygen atoms in total. The molecule has 0 aliphatic heterocycles. The Morgan fingerprint density at radius 2 is 1.76 bits per heavy atom. The molecule has 0 bridgehead atoms. The summed E-state index contributed by atoms with van der Waals surface area (Å²) in [6, 6.07) is 18.2. The van der Waals surface area contributed by atoms with Crippen molar-refractivity contribution in [3.63, 3.8) is 0 Å². The Morgan fingerprint density at radius 3 is 2.41 bits per heavy atom. The van der Waals surface area contributed by atoms with Crippen LogP contribution in [0.3, 0.4) is 0 Å². The Labute approximate surface area is 186 Å². The smallest absolute Gasteiger partial charge is 0.155 e. The summed E-state index contributed by atoms with van der Waals surface area (Å²) in [5.41, 5.74) is 7.73. The molecule has 0 amide bonds. The molecule has 1 radical (unpaired) electrons. The van der Waals surface area contributed by atoms with Crippen molar-refractivity contribution in [2.24, 2.45) is 0 Å². The largest absolute Gasteiger partial charge is 0.512 e. The average Bonchev–Trinajstić information content (AvgIpc) is 2.68. The topological polar surface area (TPSA) is 50.2 Å². The maximum absolute atomic E-state index is 10.0. The first-order chi connectivity index (χ1) is 13.5. The number of aliphatic hydroxyl groups is 1. The van der Waals surface area contributed by atoms with Gasteiger partial charge in [-0.3, -0.25) is 9.78 Å². The van der Waals surface area contributed by atoms with E-state index in [0.29, 0.717) is 0 Å². The third-order valence-electron chi connectivity index (χ3n) is 4.95. The molecule has 4 heteroatoms. The fourth-order valence-corrected chi connectivity index (χ4v) is 3.70. The van der Waals surface area contributed by atoms with Crippen molar-refractivity contribution in [3.05, 3.63) is 77.1 Å². The van der Waals surface area contributed by atoms with E-state index in [1.165, 1.54) is 66.8 Å². The van der Waals surface area contributed by atoms with Crippen molar-refractivity contribution in [1.29, 1.82) is 0 Å². The molecule has 0 saturated heterocycles. The third-order valence-corrected chi connectivity index (χ3v) is 4.95. The van der Waals surface area contributed by atoms with Crippen molar-refractivity contribution in [2.45, 2.75) is 46.5 Å². The summed E-state index contributed by atoms with van der Waals surface area (Å²) in [5, 5.41) is 9.56. The van der Waals surface area contributed by atoms with Crippen LogP contribution in [0.5, 0.6) is 0 Å². The summed E-state index contributed by atoms with van der Waals surface area (Å²) in [7, 11) is 0. The number of para-hydroxylation sites is 1. The summed E-state index contributed by atoms with van der Waals surface area (Å²) < 4.78 is 0. The number of carbonyl (C=O) groups is 1. The predicted molar refractivity (Wildman–Crippen MR) is 114 cm³/mol. The van der Waals surface area contributed by atoms with Crippen molar-refractivity contribution < 1.29 is 30.0 Å². The Bertz CT molecular complexity index is 1040. The van der Waals surface area contributed by atoms with Gasteiger partial charge < -0.3 is 5.11 Å². The van der Waals surface area contributed by atoms with Crippen molar-refractivity contribution in [2.75, 3.05) is 0 Å². The molecule has 1 aliphatic carbocycles. The summed E-state index contributed by atoms with van der Waals surface area (Å²) in [5.74, 6) is -0.0625. The molecule has 1 heterocycles. The van der Waals surface area contributed by atoms with E-state index in [1.54, 1.807) is 0 Å². The second kappa shape index (κ2) is 10.5. The van der Waals surface area contributed by atoms with Crippen molar-refractivity contribution in [1.82, 2.24) is 4.98 Å². The van der Waals surface area contributed by atoms with Crippen LogP contribution in [0.4, 0.5) is 0 Å². The van der Waals surface area contributed by atoms with Gasteiger partial charge in [-0.2, -0.15) is 0 Å². The Kier molecular flexibility index (Phi) is 8.31. The maximum Gasteiger partial charge on any atom is 0.155 e. The number of pyridine rings is 1. The van der Waals surface area contributed by atoms with Gasteiger partial charge in [-0.05, 0) is 37.4 Å². The number of fused-ring (bicyclic) bond motifs is 2. The van der Waals surface area contributed by atoms with Crippen LogP contribution in [0.1, 0.15) is 43.4 Å². The molecule has 1 aliphatic rings. The zero-order chi connectivity index (χ0) is 20.1. The number of nitrogens with zero attached hydrogens (tertiary/aromatic N) is 1. The van der Waals surface area contributed by atoms with E-state index in [9.17, 15) is 4.79 Å². The van der Waals surface area contributed by atoms with Gasteiger partial charge in [-0.25, -0.2) is 0 Å². The molecule has 1 N–H and O–H groups in total. The number of aromatic nitrogens is 1. The standard InChI is InChI=1S/C20H18N.C5H8O2.Ir/c1-14-10-12-18(17-8-4-3-7-16(14)17)20-13-11-15-6-2-5-9-19(15)21-20;1-4(6)3-5(2)7;/h2,5-6,9-11,13H,3-4,7-8H2,1H3;3,6H,1-2H3;/q-1;;. The molecule has 0 saturated carbocycles. The molecule has 0 fully saturated rings.